The van der Waals surface area contributed by atoms with Crippen molar-refractivity contribution in [2.24, 2.45) is 11.7 Å². The lowest BCUT2D eigenvalue weighted by atomic mass is 9.97. The van der Waals surface area contributed by atoms with E-state index in [9.17, 15) is 4.79 Å². The van der Waals surface area contributed by atoms with Gasteiger partial charge in [-0.05, 0) is 35.6 Å². The standard InChI is InChI=1S/C21H27ClN2O3/c1-14(2)9-18(16-7-5-4-6-8-16)24-12-15-10-17(22)21(19(11-15)26-3)27-13-20(23)25/h4-8,10-11,14,18,24H,9,12-13H2,1-3H3,(H2,23,25). The largest absolute Gasteiger partial charge is 0.493 e. The Morgan fingerprint density at radius 3 is 2.52 bits per heavy atom. The maximum absolute atomic E-state index is 11.0. The fourth-order valence-electron chi connectivity index (χ4n) is 2.89. The molecular weight excluding hydrogens is 364 g/mol. The molecule has 0 aliphatic carbocycles. The van der Waals surface area contributed by atoms with Crippen LogP contribution in [-0.2, 0) is 11.3 Å². The molecule has 2 aromatic carbocycles. The SMILES string of the molecule is COc1cc(CNC(CC(C)C)c2ccccc2)cc(Cl)c1OCC(N)=O. The zero-order valence-corrected chi connectivity index (χ0v) is 16.8. The summed E-state index contributed by atoms with van der Waals surface area (Å²) in [7, 11) is 1.53. The van der Waals surface area contributed by atoms with E-state index in [1.54, 1.807) is 0 Å². The van der Waals surface area contributed by atoms with Gasteiger partial charge >= 0.3 is 0 Å². The minimum absolute atomic E-state index is 0.238. The van der Waals surface area contributed by atoms with Gasteiger partial charge in [0, 0.05) is 12.6 Å². The van der Waals surface area contributed by atoms with E-state index in [1.165, 1.54) is 12.7 Å². The van der Waals surface area contributed by atoms with Gasteiger partial charge in [0.1, 0.15) is 0 Å². The number of rotatable bonds is 10. The summed E-state index contributed by atoms with van der Waals surface area (Å²) in [6.45, 7) is 4.79. The molecule has 0 bridgehead atoms. The summed E-state index contributed by atoms with van der Waals surface area (Å²) in [5, 5.41) is 3.98. The third-order valence-electron chi connectivity index (χ3n) is 4.11. The first-order valence-corrected chi connectivity index (χ1v) is 9.34. The Bertz CT molecular complexity index is 751. The molecule has 2 rings (SSSR count). The summed E-state index contributed by atoms with van der Waals surface area (Å²) in [6, 6.07) is 14.3. The molecule has 0 spiro atoms. The second kappa shape index (κ2) is 10.2. The van der Waals surface area contributed by atoms with Crippen molar-refractivity contribution in [2.45, 2.75) is 32.9 Å². The number of ether oxygens (including phenoxy) is 2. The maximum Gasteiger partial charge on any atom is 0.255 e. The van der Waals surface area contributed by atoms with E-state index in [2.05, 4.69) is 43.4 Å². The van der Waals surface area contributed by atoms with Crippen molar-refractivity contribution in [3.05, 3.63) is 58.6 Å². The molecule has 0 saturated carbocycles. The average molecular weight is 391 g/mol. The molecule has 0 heterocycles. The lowest BCUT2D eigenvalue weighted by Gasteiger charge is -2.22. The van der Waals surface area contributed by atoms with Gasteiger partial charge in [-0.2, -0.15) is 0 Å². The molecule has 146 valence electrons. The first-order chi connectivity index (χ1) is 12.9. The van der Waals surface area contributed by atoms with E-state index in [-0.39, 0.29) is 12.6 Å². The van der Waals surface area contributed by atoms with E-state index in [0.717, 1.165) is 12.0 Å². The number of methoxy groups -OCH3 is 1. The fraction of sp³-hybridized carbons (Fsp3) is 0.381. The van der Waals surface area contributed by atoms with Crippen LogP contribution < -0.4 is 20.5 Å². The first kappa shape index (κ1) is 21.1. The van der Waals surface area contributed by atoms with Crippen LogP contribution in [0.3, 0.4) is 0 Å². The van der Waals surface area contributed by atoms with Crippen LogP contribution in [0.1, 0.15) is 37.4 Å². The number of nitrogens with two attached hydrogens (primary N) is 1. The fourth-order valence-corrected chi connectivity index (χ4v) is 3.18. The van der Waals surface area contributed by atoms with E-state index in [1.807, 2.05) is 18.2 Å². The van der Waals surface area contributed by atoms with Crippen molar-refractivity contribution >= 4 is 17.5 Å². The van der Waals surface area contributed by atoms with Gasteiger partial charge in [-0.3, -0.25) is 4.79 Å². The molecule has 5 nitrogen and oxygen atoms in total. The Kier molecular flexibility index (Phi) is 7.95. The van der Waals surface area contributed by atoms with Crippen molar-refractivity contribution in [1.82, 2.24) is 5.32 Å². The minimum Gasteiger partial charge on any atom is -0.493 e. The highest BCUT2D eigenvalue weighted by Gasteiger charge is 2.16. The van der Waals surface area contributed by atoms with Gasteiger partial charge in [0.25, 0.3) is 5.91 Å². The Balaban J connectivity index is 2.15. The van der Waals surface area contributed by atoms with Crippen LogP contribution in [0.5, 0.6) is 11.5 Å². The number of primary amides is 1. The zero-order valence-electron chi connectivity index (χ0n) is 16.0. The predicted octanol–water partition coefficient (Wildman–Crippen LogP) is 4.09. The van der Waals surface area contributed by atoms with Crippen LogP contribution in [0.15, 0.2) is 42.5 Å². The molecule has 2 aromatic rings. The summed E-state index contributed by atoms with van der Waals surface area (Å²) in [5.41, 5.74) is 7.35. The van der Waals surface area contributed by atoms with Gasteiger partial charge in [0.2, 0.25) is 0 Å². The highest BCUT2D eigenvalue weighted by Crippen LogP contribution is 2.36. The van der Waals surface area contributed by atoms with Crippen molar-refractivity contribution < 1.29 is 14.3 Å². The zero-order chi connectivity index (χ0) is 19.8. The van der Waals surface area contributed by atoms with Gasteiger partial charge in [-0.25, -0.2) is 0 Å². The van der Waals surface area contributed by atoms with E-state index < -0.39 is 5.91 Å². The number of carbonyl (C=O) groups is 1. The van der Waals surface area contributed by atoms with E-state index in [4.69, 9.17) is 26.8 Å². The molecule has 0 aromatic heterocycles. The molecule has 0 aliphatic rings. The number of nitrogens with one attached hydrogen (secondary N) is 1. The van der Waals surface area contributed by atoms with Crippen LogP contribution in [0.25, 0.3) is 0 Å². The summed E-state index contributed by atoms with van der Waals surface area (Å²) >= 11 is 6.33. The molecule has 1 amide bonds. The normalized spacial score (nSPS) is 12.0. The van der Waals surface area contributed by atoms with Crippen molar-refractivity contribution in [3.8, 4) is 11.5 Å². The molecule has 1 unspecified atom stereocenters. The Hall–Kier alpha value is -2.24. The third-order valence-corrected chi connectivity index (χ3v) is 4.39. The lowest BCUT2D eigenvalue weighted by Crippen LogP contribution is -2.22. The van der Waals surface area contributed by atoms with Crippen molar-refractivity contribution in [3.63, 3.8) is 0 Å². The number of benzene rings is 2. The molecular formula is C21H27ClN2O3. The van der Waals surface area contributed by atoms with E-state index >= 15 is 0 Å². The van der Waals surface area contributed by atoms with Gasteiger partial charge < -0.3 is 20.5 Å². The Morgan fingerprint density at radius 2 is 1.93 bits per heavy atom. The van der Waals surface area contributed by atoms with Gasteiger partial charge in [-0.1, -0.05) is 55.8 Å². The number of hydrogen-bond donors (Lipinski definition) is 2. The molecule has 6 heteroatoms. The molecule has 0 radical (unpaired) electrons. The minimum atomic E-state index is -0.571. The van der Waals surface area contributed by atoms with Gasteiger partial charge in [-0.15, -0.1) is 0 Å². The number of hydrogen-bond acceptors (Lipinski definition) is 4. The molecule has 0 fully saturated rings. The van der Waals surface area contributed by atoms with Gasteiger partial charge in [0.05, 0.1) is 12.1 Å². The molecule has 0 saturated heterocycles. The van der Waals surface area contributed by atoms with Crippen LogP contribution in [0.2, 0.25) is 5.02 Å². The number of amides is 1. The lowest BCUT2D eigenvalue weighted by molar-refractivity contribution is -0.119. The van der Waals surface area contributed by atoms with Crippen molar-refractivity contribution in [1.29, 1.82) is 0 Å². The predicted molar refractivity (Wildman–Crippen MR) is 108 cm³/mol. The maximum atomic E-state index is 11.0. The van der Waals surface area contributed by atoms with Crippen LogP contribution in [0, 0.1) is 5.92 Å². The highest BCUT2D eigenvalue weighted by molar-refractivity contribution is 6.32. The second-order valence-corrected chi connectivity index (χ2v) is 7.24. The quantitative estimate of drug-likeness (QED) is 0.640. The highest BCUT2D eigenvalue weighted by atomic mass is 35.5. The average Bonchev–Trinajstić information content (AvgIpc) is 2.64. The molecule has 27 heavy (non-hydrogen) atoms. The Morgan fingerprint density at radius 1 is 1.22 bits per heavy atom. The summed E-state index contributed by atoms with van der Waals surface area (Å²) in [6.07, 6.45) is 1.02. The van der Waals surface area contributed by atoms with Crippen LogP contribution in [0.4, 0.5) is 0 Å². The number of carbonyl (C=O) groups excluding carboxylic acids is 1. The summed E-state index contributed by atoms with van der Waals surface area (Å²) in [4.78, 5) is 11.0. The molecule has 1 atom stereocenters. The van der Waals surface area contributed by atoms with Gasteiger partial charge in [0.15, 0.2) is 18.1 Å². The topological polar surface area (TPSA) is 73.6 Å². The second-order valence-electron chi connectivity index (χ2n) is 6.84. The summed E-state index contributed by atoms with van der Waals surface area (Å²) in [5.74, 6) is 0.785. The smallest absolute Gasteiger partial charge is 0.255 e. The molecule has 3 N–H and O–H groups in total. The summed E-state index contributed by atoms with van der Waals surface area (Å²) < 4.78 is 10.7. The first-order valence-electron chi connectivity index (χ1n) is 8.96. The van der Waals surface area contributed by atoms with Crippen LogP contribution in [-0.4, -0.2) is 19.6 Å². The number of halogens is 1. The molecule has 0 aliphatic heterocycles. The third kappa shape index (κ3) is 6.45. The van der Waals surface area contributed by atoms with E-state index in [0.29, 0.717) is 29.0 Å². The van der Waals surface area contributed by atoms with Crippen LogP contribution >= 0.6 is 11.6 Å². The monoisotopic (exact) mass is 390 g/mol. The Labute approximate surface area is 165 Å². The van der Waals surface area contributed by atoms with Crippen molar-refractivity contribution in [2.75, 3.05) is 13.7 Å².